The van der Waals surface area contributed by atoms with Gasteiger partial charge in [-0.25, -0.2) is 0 Å². The Labute approximate surface area is 298 Å². The highest BCUT2D eigenvalue weighted by molar-refractivity contribution is 8.00. The van der Waals surface area contributed by atoms with Crippen molar-refractivity contribution in [1.82, 2.24) is 31.2 Å². The molecule has 0 radical (unpaired) electrons. The molecule has 7 N–H and O–H groups in total. The predicted molar refractivity (Wildman–Crippen MR) is 199 cm³/mol. The van der Waals surface area contributed by atoms with Gasteiger partial charge in [-0.15, -0.1) is 17.5 Å². The molecular weight excluding hydrogens is 647 g/mol. The summed E-state index contributed by atoms with van der Waals surface area (Å²) in [6, 6.07) is 13.9. The first-order valence-electron chi connectivity index (χ1n) is 17.8. The lowest BCUT2D eigenvalue weighted by Crippen LogP contribution is -2.58. The molecule has 2 aromatic carbocycles. The summed E-state index contributed by atoms with van der Waals surface area (Å²) in [5.41, 5.74) is 13.2. The van der Waals surface area contributed by atoms with E-state index >= 15 is 0 Å². The number of nitrogens with zero attached hydrogens (tertiary/aromatic N) is 1. The topological polar surface area (TPSA) is 144 Å². The summed E-state index contributed by atoms with van der Waals surface area (Å²) in [7, 11) is 1.68. The highest BCUT2D eigenvalue weighted by Gasteiger charge is 2.36. The van der Waals surface area contributed by atoms with Crippen molar-refractivity contribution < 1.29 is 14.4 Å². The maximum atomic E-state index is 14.5. The monoisotopic (exact) mass is 695 g/mol. The Kier molecular flexibility index (Phi) is 12.3. The van der Waals surface area contributed by atoms with Crippen LogP contribution in [0.5, 0.6) is 0 Å². The molecule has 0 saturated carbocycles. The summed E-state index contributed by atoms with van der Waals surface area (Å²) in [6.45, 7) is 2.96. The van der Waals surface area contributed by atoms with Crippen molar-refractivity contribution in [2.45, 2.75) is 73.3 Å². The van der Waals surface area contributed by atoms with E-state index in [4.69, 9.17) is 5.73 Å². The quantitative estimate of drug-likeness (QED) is 0.164. The lowest BCUT2D eigenvalue weighted by Gasteiger charge is -2.34. The highest BCUT2D eigenvalue weighted by atomic mass is 32.2. The van der Waals surface area contributed by atoms with Crippen molar-refractivity contribution in [3.63, 3.8) is 0 Å². The van der Waals surface area contributed by atoms with Gasteiger partial charge in [0.25, 0.3) is 0 Å². The molecule has 1 saturated heterocycles. The maximum absolute atomic E-state index is 14.5. The molecule has 0 bridgehead atoms. The lowest BCUT2D eigenvalue weighted by atomic mass is 9.89. The molecule has 1 unspecified atom stereocenters. The zero-order valence-electron chi connectivity index (χ0n) is 28.8. The molecule has 0 spiro atoms. The first-order chi connectivity index (χ1) is 24.4. The number of piperidine rings is 1. The molecule has 3 heterocycles. The molecule has 1 aromatic heterocycles. The second-order valence-corrected chi connectivity index (χ2v) is 14.6. The first kappa shape index (κ1) is 35.7. The van der Waals surface area contributed by atoms with Crippen LogP contribution >= 0.6 is 11.8 Å². The maximum Gasteiger partial charge on any atom is 0.245 e. The van der Waals surface area contributed by atoms with Gasteiger partial charge in [0.15, 0.2) is 0 Å². The number of rotatable bonds is 7. The number of unbranched alkanes of at least 4 members (excludes halogenated alkanes) is 1. The van der Waals surface area contributed by atoms with E-state index in [0.29, 0.717) is 38.9 Å². The van der Waals surface area contributed by atoms with Gasteiger partial charge in [0.1, 0.15) is 12.1 Å². The Morgan fingerprint density at radius 3 is 2.62 bits per heavy atom. The predicted octanol–water partition coefficient (Wildman–Crippen LogP) is 3.55. The Morgan fingerprint density at radius 1 is 0.980 bits per heavy atom. The second-order valence-electron chi connectivity index (χ2n) is 13.4. The minimum Gasteiger partial charge on any atom is -0.361 e. The number of hydrogen-bond acceptors (Lipinski definition) is 7. The largest absolute Gasteiger partial charge is 0.361 e. The number of benzene rings is 2. The fourth-order valence-corrected chi connectivity index (χ4v) is 8.36. The number of thioether (sulfide) groups is 1. The molecule has 1 fully saturated rings. The van der Waals surface area contributed by atoms with Crippen molar-refractivity contribution in [3.8, 4) is 0 Å². The van der Waals surface area contributed by atoms with Crippen molar-refractivity contribution in [2.75, 3.05) is 33.2 Å². The van der Waals surface area contributed by atoms with E-state index in [9.17, 15) is 14.4 Å². The molecule has 3 aliphatic rings. The van der Waals surface area contributed by atoms with Gasteiger partial charge in [-0.3, -0.25) is 14.4 Å². The van der Waals surface area contributed by atoms with E-state index in [2.05, 4.69) is 44.1 Å². The van der Waals surface area contributed by atoms with Gasteiger partial charge >= 0.3 is 0 Å². The van der Waals surface area contributed by atoms with Crippen molar-refractivity contribution in [1.29, 1.82) is 0 Å². The number of nitrogens with one attached hydrogen (secondary N) is 5. The molecule has 3 aromatic rings. The number of amides is 3. The number of carbonyl (C=O) groups is 3. The third-order valence-corrected chi connectivity index (χ3v) is 11.4. The molecule has 11 heteroatoms. The van der Waals surface area contributed by atoms with Crippen LogP contribution in [0.25, 0.3) is 10.9 Å². The molecule has 1 aliphatic carbocycles. The third kappa shape index (κ3) is 8.60. The molecule has 3 amide bonds. The van der Waals surface area contributed by atoms with E-state index in [-0.39, 0.29) is 28.9 Å². The van der Waals surface area contributed by atoms with Crippen LogP contribution in [0.2, 0.25) is 0 Å². The summed E-state index contributed by atoms with van der Waals surface area (Å²) in [5, 5.41) is 14.4. The number of likely N-dealkylation sites (N-methyl/N-ethyl adjacent to an activating group) is 1. The number of carbonyl (C=O) groups excluding carboxylic acids is 3. The average Bonchev–Trinajstić information content (AvgIpc) is 3.56. The lowest BCUT2D eigenvalue weighted by molar-refractivity contribution is -0.142. The molecule has 2 aliphatic heterocycles. The molecule has 4 atom stereocenters. The Bertz CT molecular complexity index is 1760. The van der Waals surface area contributed by atoms with E-state index in [1.54, 1.807) is 18.8 Å². The summed E-state index contributed by atoms with van der Waals surface area (Å²) in [6.07, 6.45) is 11.8. The van der Waals surface area contributed by atoms with Crippen LogP contribution in [-0.2, 0) is 27.3 Å². The van der Waals surface area contributed by atoms with Crippen LogP contribution < -0.4 is 27.0 Å². The van der Waals surface area contributed by atoms with Crippen LogP contribution in [0, 0.1) is 5.92 Å². The number of nitrogens with two attached hydrogens (primary N) is 1. The van der Waals surface area contributed by atoms with Gasteiger partial charge in [0.2, 0.25) is 17.7 Å². The van der Waals surface area contributed by atoms with Crippen LogP contribution in [0.15, 0.2) is 89.2 Å². The van der Waals surface area contributed by atoms with Crippen molar-refractivity contribution in [3.05, 3.63) is 95.4 Å². The molecular formula is C39H49N7O3S. The first-order valence-corrected chi connectivity index (χ1v) is 18.7. The summed E-state index contributed by atoms with van der Waals surface area (Å²) in [4.78, 5) is 48.9. The normalized spacial score (nSPS) is 24.2. The SMILES string of the molecule is CN1C(=O)[C@H](CCCCN)NC(=O)[C@H](C2CCNCC2)NCC2=C=CC=CC2Sc2ccccc2CNC(=O)[C@@H]1Cc1c[nH]c2ccccc12. The van der Waals surface area contributed by atoms with Gasteiger partial charge in [0.05, 0.1) is 11.3 Å². The van der Waals surface area contributed by atoms with Crippen LogP contribution in [0.4, 0.5) is 0 Å². The van der Waals surface area contributed by atoms with Crippen LogP contribution in [0.1, 0.15) is 43.2 Å². The van der Waals surface area contributed by atoms with E-state index in [1.165, 1.54) is 4.90 Å². The van der Waals surface area contributed by atoms with Gasteiger partial charge < -0.3 is 36.9 Å². The van der Waals surface area contributed by atoms with Crippen molar-refractivity contribution >= 4 is 40.4 Å². The third-order valence-electron chi connectivity index (χ3n) is 10.1. The van der Waals surface area contributed by atoms with E-state index in [1.807, 2.05) is 60.8 Å². The van der Waals surface area contributed by atoms with Gasteiger partial charge in [0, 0.05) is 54.1 Å². The highest BCUT2D eigenvalue weighted by Crippen LogP contribution is 2.33. The van der Waals surface area contributed by atoms with Crippen molar-refractivity contribution in [2.24, 2.45) is 11.7 Å². The zero-order valence-corrected chi connectivity index (χ0v) is 29.6. The second kappa shape index (κ2) is 17.2. The number of allylic oxidation sites excluding steroid dienone is 1. The van der Waals surface area contributed by atoms with E-state index in [0.717, 1.165) is 64.9 Å². The minimum absolute atomic E-state index is 0.00288. The number of para-hydroxylation sites is 1. The standard InChI is InChI=1S/C39H49N7O3S/c1-46-33(22-29-25-42-31-13-5-4-12-30(29)31)37(47)44-24-28-11-3-7-16-35(28)50-34-15-6-2-10-27(34)23-43-36(26-17-20-41-21-18-26)38(48)45-32(39(46)49)14-8-9-19-40/h2-7,11-13,15-16,25-26,32-34,36,41-43H,8-9,14,17-24,40H2,1H3,(H,44,47)(H,45,48)/t32-,33-,34?,36-/m0/s1. The number of aromatic nitrogens is 1. The summed E-state index contributed by atoms with van der Waals surface area (Å²) in [5.74, 6) is -0.629. The number of hydrogen-bond donors (Lipinski definition) is 6. The number of aromatic amines is 1. The van der Waals surface area contributed by atoms with Gasteiger partial charge in [-0.1, -0.05) is 48.6 Å². The van der Waals surface area contributed by atoms with E-state index < -0.39 is 18.1 Å². The average molecular weight is 696 g/mol. The van der Waals surface area contributed by atoms with Crippen LogP contribution in [0.3, 0.4) is 0 Å². The molecule has 6 rings (SSSR count). The fraction of sp³-hybridized carbons (Fsp3) is 0.436. The summed E-state index contributed by atoms with van der Waals surface area (Å²) >= 11 is 1.71. The zero-order chi connectivity index (χ0) is 34.9. The summed E-state index contributed by atoms with van der Waals surface area (Å²) < 4.78 is 0. The minimum atomic E-state index is -0.814. The number of fused-ring (bicyclic) bond motifs is 3. The van der Waals surface area contributed by atoms with Crippen LogP contribution in [-0.4, -0.2) is 84.2 Å². The molecule has 50 heavy (non-hydrogen) atoms. The number of H-pyrrole nitrogens is 1. The Morgan fingerprint density at radius 2 is 1.78 bits per heavy atom. The Balaban J connectivity index is 1.37. The van der Waals surface area contributed by atoms with Gasteiger partial charge in [-0.2, -0.15) is 0 Å². The van der Waals surface area contributed by atoms with Gasteiger partial charge in [-0.05, 0) is 87.0 Å². The molecule has 264 valence electrons. The fourth-order valence-electron chi connectivity index (χ4n) is 7.17. The smallest absolute Gasteiger partial charge is 0.245 e. The Hall–Kier alpha value is -4.12. The molecule has 10 nitrogen and oxygen atoms in total.